The highest BCUT2D eigenvalue weighted by Gasteiger charge is 2.29. The fourth-order valence-corrected chi connectivity index (χ4v) is 4.22. The third-order valence-electron chi connectivity index (χ3n) is 4.97. The highest BCUT2D eigenvalue weighted by molar-refractivity contribution is 7.99. The Kier molecular flexibility index (Phi) is 10.6. The number of esters is 1. The first kappa shape index (κ1) is 27.4. The van der Waals surface area contributed by atoms with Crippen molar-refractivity contribution in [3.8, 4) is 0 Å². The monoisotopic (exact) mass is 495 g/mol. The highest BCUT2D eigenvalue weighted by atomic mass is 32.2. The summed E-state index contributed by atoms with van der Waals surface area (Å²) in [5, 5.41) is 13.4. The molecule has 1 heterocycles. The zero-order valence-corrected chi connectivity index (χ0v) is 20.7. The molecule has 0 radical (unpaired) electrons. The van der Waals surface area contributed by atoms with E-state index in [-0.39, 0.29) is 30.6 Å². The van der Waals surface area contributed by atoms with Gasteiger partial charge in [0.2, 0.25) is 5.91 Å². The molecule has 1 fully saturated rings. The summed E-state index contributed by atoms with van der Waals surface area (Å²) in [5.74, 6) is 1.03. The molecule has 0 unspecified atom stereocenters. The van der Waals surface area contributed by atoms with E-state index < -0.39 is 22.7 Å². The number of benzene rings is 1. The molecule has 11 heteroatoms. The van der Waals surface area contributed by atoms with Gasteiger partial charge in [-0.1, -0.05) is 12.8 Å². The topological polar surface area (TPSA) is 128 Å². The molecule has 1 atom stereocenters. The first-order valence-corrected chi connectivity index (χ1v) is 12.5. The normalized spacial score (nSPS) is 14.4. The summed E-state index contributed by atoms with van der Waals surface area (Å²) in [4.78, 5) is 48.9. The van der Waals surface area contributed by atoms with Gasteiger partial charge in [-0.05, 0) is 51.3 Å². The number of hydrogen-bond donors (Lipinski definition) is 1. The van der Waals surface area contributed by atoms with Crippen LogP contribution in [0.2, 0.25) is 0 Å². The minimum absolute atomic E-state index is 0.0171. The Labute approximate surface area is 203 Å². The summed E-state index contributed by atoms with van der Waals surface area (Å²) < 4.78 is 10.5. The number of carbonyl (C=O) groups excluding carboxylic acids is 3. The van der Waals surface area contributed by atoms with Crippen LogP contribution in [0.5, 0.6) is 0 Å². The Morgan fingerprint density at radius 2 is 1.88 bits per heavy atom. The molecule has 0 aliphatic carbocycles. The number of unbranched alkanes of at least 4 members (excludes halogenated alkanes) is 2. The number of thioether (sulfide) groups is 1. The number of alkyl carbamates (subject to hydrolysis) is 1. The second kappa shape index (κ2) is 13.2. The summed E-state index contributed by atoms with van der Waals surface area (Å²) in [7, 11) is 0. The van der Waals surface area contributed by atoms with Gasteiger partial charge in [0, 0.05) is 30.9 Å². The van der Waals surface area contributed by atoms with Crippen LogP contribution in [0.3, 0.4) is 0 Å². The maximum absolute atomic E-state index is 12.8. The van der Waals surface area contributed by atoms with Gasteiger partial charge in [0.1, 0.15) is 18.2 Å². The van der Waals surface area contributed by atoms with Crippen molar-refractivity contribution < 1.29 is 28.8 Å². The van der Waals surface area contributed by atoms with E-state index in [4.69, 9.17) is 9.47 Å². The number of carbonyl (C=O) groups is 3. The SMILES string of the molecule is CC(C)(C)OC(=O)N[C@@H](CCCCCC(=O)OCc1ccc([N+](=O)[O-])cc1)C(=O)N1CCSC1. The van der Waals surface area contributed by atoms with Crippen LogP contribution < -0.4 is 5.32 Å². The number of hydrogen-bond acceptors (Lipinski definition) is 8. The van der Waals surface area contributed by atoms with E-state index in [1.807, 2.05) is 0 Å². The Balaban J connectivity index is 1.72. The molecule has 1 aromatic carbocycles. The minimum atomic E-state index is -0.664. The van der Waals surface area contributed by atoms with Crippen molar-refractivity contribution in [2.75, 3.05) is 18.2 Å². The predicted octanol–water partition coefficient (Wildman–Crippen LogP) is 4.01. The molecule has 1 aliphatic heterocycles. The second-order valence-electron chi connectivity index (χ2n) is 9.02. The molecule has 1 saturated heterocycles. The molecule has 1 aromatic rings. The van der Waals surface area contributed by atoms with E-state index in [9.17, 15) is 24.5 Å². The molecule has 10 nitrogen and oxygen atoms in total. The van der Waals surface area contributed by atoms with Crippen molar-refractivity contribution in [1.29, 1.82) is 0 Å². The molecule has 2 rings (SSSR count). The van der Waals surface area contributed by atoms with Crippen molar-refractivity contribution in [1.82, 2.24) is 10.2 Å². The van der Waals surface area contributed by atoms with Crippen LogP contribution in [0.15, 0.2) is 24.3 Å². The number of rotatable bonds is 11. The minimum Gasteiger partial charge on any atom is -0.461 e. The molecule has 2 amide bonds. The van der Waals surface area contributed by atoms with Crippen molar-refractivity contribution in [2.45, 2.75) is 71.1 Å². The first-order valence-electron chi connectivity index (χ1n) is 11.3. The van der Waals surface area contributed by atoms with Gasteiger partial charge in [0.25, 0.3) is 5.69 Å². The van der Waals surface area contributed by atoms with E-state index in [0.717, 1.165) is 5.75 Å². The molecule has 1 N–H and O–H groups in total. The lowest BCUT2D eigenvalue weighted by molar-refractivity contribution is -0.384. The van der Waals surface area contributed by atoms with Crippen LogP contribution >= 0.6 is 11.8 Å². The number of nitrogens with one attached hydrogen (secondary N) is 1. The first-order chi connectivity index (χ1) is 16.0. The van der Waals surface area contributed by atoms with Gasteiger partial charge in [-0.25, -0.2) is 4.79 Å². The standard InChI is InChI=1S/C23H33N3O7S/c1-23(2,3)33-22(29)24-19(21(28)25-13-14-34-16-25)7-5-4-6-8-20(27)32-15-17-9-11-18(12-10-17)26(30)31/h9-12,19H,4-8,13-16H2,1-3H3,(H,24,29)/t19-/m0/s1. The van der Waals surface area contributed by atoms with Gasteiger partial charge >= 0.3 is 12.1 Å². The number of nitrogens with zero attached hydrogens (tertiary/aromatic N) is 2. The zero-order chi connectivity index (χ0) is 25.1. The summed E-state index contributed by atoms with van der Waals surface area (Å²) in [6.07, 6.45) is 2.01. The molecule has 1 aliphatic rings. The van der Waals surface area contributed by atoms with E-state index >= 15 is 0 Å². The van der Waals surface area contributed by atoms with Crippen LogP contribution in [-0.2, 0) is 25.7 Å². The molecule has 0 bridgehead atoms. The Hall–Kier alpha value is -2.82. The highest BCUT2D eigenvalue weighted by Crippen LogP contribution is 2.18. The van der Waals surface area contributed by atoms with Crippen LogP contribution in [0, 0.1) is 10.1 Å². The van der Waals surface area contributed by atoms with Crippen LogP contribution in [0.4, 0.5) is 10.5 Å². The number of ether oxygens (including phenoxy) is 2. The fraction of sp³-hybridized carbons (Fsp3) is 0.609. The quantitative estimate of drug-likeness (QED) is 0.211. The fourth-order valence-electron chi connectivity index (χ4n) is 3.26. The van der Waals surface area contributed by atoms with Crippen LogP contribution in [0.25, 0.3) is 0 Å². The maximum atomic E-state index is 12.8. The number of non-ortho nitro benzene ring substituents is 1. The Morgan fingerprint density at radius 1 is 1.18 bits per heavy atom. The number of nitro groups is 1. The third-order valence-corrected chi connectivity index (χ3v) is 5.94. The average Bonchev–Trinajstić information content (AvgIpc) is 3.30. The molecule has 0 spiro atoms. The molecule has 0 saturated carbocycles. The van der Waals surface area contributed by atoms with Gasteiger partial charge in [0.05, 0.1) is 10.8 Å². The Bertz CT molecular complexity index is 849. The van der Waals surface area contributed by atoms with Gasteiger partial charge < -0.3 is 19.7 Å². The smallest absolute Gasteiger partial charge is 0.408 e. The summed E-state index contributed by atoms with van der Waals surface area (Å²) in [6, 6.07) is 5.18. The number of amides is 2. The predicted molar refractivity (Wildman–Crippen MR) is 128 cm³/mol. The zero-order valence-electron chi connectivity index (χ0n) is 19.9. The van der Waals surface area contributed by atoms with Crippen molar-refractivity contribution in [3.05, 3.63) is 39.9 Å². The lowest BCUT2D eigenvalue weighted by atomic mass is 10.1. The maximum Gasteiger partial charge on any atom is 0.408 e. The Morgan fingerprint density at radius 3 is 2.47 bits per heavy atom. The summed E-state index contributed by atoms with van der Waals surface area (Å²) in [6.45, 7) is 6.02. The summed E-state index contributed by atoms with van der Waals surface area (Å²) >= 11 is 1.68. The molecular formula is C23H33N3O7S. The van der Waals surface area contributed by atoms with Crippen molar-refractivity contribution in [3.63, 3.8) is 0 Å². The average molecular weight is 496 g/mol. The van der Waals surface area contributed by atoms with Gasteiger partial charge in [-0.3, -0.25) is 19.7 Å². The van der Waals surface area contributed by atoms with E-state index in [2.05, 4.69) is 5.32 Å². The third kappa shape index (κ3) is 9.98. The lowest BCUT2D eigenvalue weighted by Gasteiger charge is -2.26. The van der Waals surface area contributed by atoms with Gasteiger partial charge in [-0.2, -0.15) is 0 Å². The van der Waals surface area contributed by atoms with E-state index in [1.54, 1.807) is 49.6 Å². The molecular weight excluding hydrogens is 462 g/mol. The molecule has 188 valence electrons. The van der Waals surface area contributed by atoms with Gasteiger partial charge in [0.15, 0.2) is 0 Å². The largest absolute Gasteiger partial charge is 0.461 e. The van der Waals surface area contributed by atoms with Crippen molar-refractivity contribution >= 4 is 35.4 Å². The van der Waals surface area contributed by atoms with E-state index in [1.165, 1.54) is 12.1 Å². The second-order valence-corrected chi connectivity index (χ2v) is 10.1. The lowest BCUT2D eigenvalue weighted by Crippen LogP contribution is -2.49. The molecule has 34 heavy (non-hydrogen) atoms. The van der Waals surface area contributed by atoms with Gasteiger partial charge in [-0.15, -0.1) is 11.8 Å². The van der Waals surface area contributed by atoms with E-state index in [0.29, 0.717) is 43.7 Å². The van der Waals surface area contributed by atoms with Crippen molar-refractivity contribution in [2.24, 2.45) is 0 Å². The number of nitro benzene ring substituents is 1. The van der Waals surface area contributed by atoms with Crippen LogP contribution in [-0.4, -0.2) is 57.6 Å². The summed E-state index contributed by atoms with van der Waals surface area (Å²) in [5.41, 5.74) is 0.000764. The van der Waals surface area contributed by atoms with Crippen LogP contribution in [0.1, 0.15) is 58.4 Å². The molecule has 0 aromatic heterocycles.